The normalized spacial score (nSPS) is 15.5. The molecule has 0 unspecified atom stereocenters. The summed E-state index contributed by atoms with van der Waals surface area (Å²) in [5, 5.41) is 2.60. The maximum atomic E-state index is 4.30. The third-order valence-electron chi connectivity index (χ3n) is 4.67. The summed E-state index contributed by atoms with van der Waals surface area (Å²) in [6, 6.07) is 10.9. The minimum atomic E-state index is 0.0483. The van der Waals surface area contributed by atoms with E-state index in [-0.39, 0.29) is 5.41 Å². The molecule has 5 rings (SSSR count). The Morgan fingerprint density at radius 3 is 2.86 bits per heavy atom. The maximum absolute atomic E-state index is 4.30. The van der Waals surface area contributed by atoms with Crippen molar-refractivity contribution < 1.29 is 0 Å². The summed E-state index contributed by atoms with van der Waals surface area (Å²) in [7, 11) is 0. The van der Waals surface area contributed by atoms with E-state index in [0.717, 1.165) is 0 Å². The average molecular weight is 290 g/mol. The largest absolute Gasteiger partial charge is 0.318 e. The minimum Gasteiger partial charge on any atom is -0.318 e. The molecule has 0 fully saturated rings. The van der Waals surface area contributed by atoms with Crippen LogP contribution >= 0.6 is 11.3 Å². The van der Waals surface area contributed by atoms with Crippen LogP contribution < -0.4 is 0 Å². The molecule has 0 bridgehead atoms. The summed E-state index contributed by atoms with van der Waals surface area (Å²) in [5.74, 6) is 0. The highest BCUT2D eigenvalue weighted by Crippen LogP contribution is 2.49. The Morgan fingerprint density at radius 1 is 1.10 bits per heavy atom. The summed E-state index contributed by atoms with van der Waals surface area (Å²) >= 11 is 1.89. The molecule has 102 valence electrons. The van der Waals surface area contributed by atoms with Gasteiger partial charge in [-0.05, 0) is 17.7 Å². The van der Waals surface area contributed by atoms with E-state index in [4.69, 9.17) is 0 Å². The Labute approximate surface area is 126 Å². The van der Waals surface area contributed by atoms with Gasteiger partial charge in [0, 0.05) is 45.2 Å². The van der Waals surface area contributed by atoms with E-state index in [1.807, 2.05) is 23.7 Å². The molecule has 21 heavy (non-hydrogen) atoms. The summed E-state index contributed by atoms with van der Waals surface area (Å²) in [4.78, 5) is 4.30. The fourth-order valence-corrected chi connectivity index (χ4v) is 5.03. The monoisotopic (exact) mass is 290 g/mol. The van der Waals surface area contributed by atoms with E-state index in [0.29, 0.717) is 0 Å². The first-order valence-corrected chi connectivity index (χ1v) is 7.97. The molecule has 3 heteroatoms. The van der Waals surface area contributed by atoms with E-state index < -0.39 is 0 Å². The second-order valence-corrected chi connectivity index (χ2v) is 7.26. The van der Waals surface area contributed by atoms with Crippen molar-refractivity contribution in [3.8, 4) is 5.69 Å². The number of thiophene rings is 1. The number of benzene rings is 1. The quantitative estimate of drug-likeness (QED) is 0.451. The Morgan fingerprint density at radius 2 is 1.95 bits per heavy atom. The van der Waals surface area contributed by atoms with Crippen molar-refractivity contribution in [3.63, 3.8) is 0 Å². The highest BCUT2D eigenvalue weighted by Gasteiger charge is 2.38. The highest BCUT2D eigenvalue weighted by atomic mass is 32.1. The molecular weight excluding hydrogens is 276 g/mol. The highest BCUT2D eigenvalue weighted by molar-refractivity contribution is 7.26. The summed E-state index contributed by atoms with van der Waals surface area (Å²) < 4.78 is 5.10. The Kier molecular flexibility index (Phi) is 1.95. The summed E-state index contributed by atoms with van der Waals surface area (Å²) in [6.45, 7) is 4.65. The number of para-hydroxylation sites is 1. The fourth-order valence-electron chi connectivity index (χ4n) is 3.68. The Hall–Kier alpha value is -2.13. The third kappa shape index (κ3) is 1.26. The number of pyridine rings is 1. The van der Waals surface area contributed by atoms with Crippen molar-refractivity contribution in [2.24, 2.45) is 0 Å². The molecule has 0 atom stereocenters. The van der Waals surface area contributed by atoms with Gasteiger partial charge in [0.05, 0.1) is 10.4 Å². The lowest BCUT2D eigenvalue weighted by Gasteiger charge is -2.19. The van der Waals surface area contributed by atoms with E-state index in [1.54, 1.807) is 0 Å². The van der Waals surface area contributed by atoms with Gasteiger partial charge in [-0.25, -0.2) is 0 Å². The first-order chi connectivity index (χ1) is 10.2. The minimum absolute atomic E-state index is 0.0483. The van der Waals surface area contributed by atoms with Gasteiger partial charge in [0.2, 0.25) is 0 Å². The molecule has 0 spiro atoms. The van der Waals surface area contributed by atoms with Gasteiger partial charge in [-0.1, -0.05) is 32.0 Å². The molecule has 2 nitrogen and oxygen atoms in total. The van der Waals surface area contributed by atoms with Crippen molar-refractivity contribution >= 4 is 31.5 Å². The van der Waals surface area contributed by atoms with Crippen LogP contribution in [0.1, 0.15) is 25.1 Å². The fraction of sp³-hybridized carbons (Fsp3) is 0.167. The zero-order chi connectivity index (χ0) is 14.2. The molecule has 4 heterocycles. The van der Waals surface area contributed by atoms with Gasteiger partial charge in [-0.15, -0.1) is 11.3 Å². The van der Waals surface area contributed by atoms with Crippen LogP contribution in [0.4, 0.5) is 0 Å². The van der Waals surface area contributed by atoms with E-state index in [2.05, 4.69) is 59.9 Å². The second kappa shape index (κ2) is 3.55. The Bertz CT molecular complexity index is 1020. The SMILES string of the molecule is CC1(C)c2ccccc2-n2cc3c(sc4ccncc43)c21. The van der Waals surface area contributed by atoms with Gasteiger partial charge in [0.25, 0.3) is 0 Å². The number of fused-ring (bicyclic) bond motifs is 7. The summed E-state index contributed by atoms with van der Waals surface area (Å²) in [6.07, 6.45) is 6.16. The number of hydrogen-bond acceptors (Lipinski definition) is 2. The molecule has 0 N–H and O–H groups in total. The van der Waals surface area contributed by atoms with Gasteiger partial charge in [0.15, 0.2) is 0 Å². The van der Waals surface area contributed by atoms with Crippen LogP contribution in [0.2, 0.25) is 0 Å². The lowest BCUT2D eigenvalue weighted by Crippen LogP contribution is -2.15. The average Bonchev–Trinajstić information content (AvgIpc) is 3.08. The van der Waals surface area contributed by atoms with Crippen molar-refractivity contribution in [3.05, 3.63) is 60.2 Å². The molecule has 0 aliphatic carbocycles. The molecule has 0 saturated carbocycles. The van der Waals surface area contributed by atoms with Crippen LogP contribution in [0.5, 0.6) is 0 Å². The molecule has 0 amide bonds. The number of rotatable bonds is 0. The standard InChI is InChI=1S/C18H14N2S/c1-18(2)13-5-3-4-6-14(13)20-10-12-11-9-19-8-7-15(11)21-16(12)17(18)20/h3-10H,1-2H3. The van der Waals surface area contributed by atoms with Crippen LogP contribution in [-0.4, -0.2) is 9.55 Å². The van der Waals surface area contributed by atoms with E-state index in [9.17, 15) is 0 Å². The molecule has 1 aliphatic rings. The third-order valence-corrected chi connectivity index (χ3v) is 5.86. The number of hydrogen-bond donors (Lipinski definition) is 0. The van der Waals surface area contributed by atoms with Crippen LogP contribution in [0.15, 0.2) is 48.9 Å². The summed E-state index contributed by atoms with van der Waals surface area (Å²) in [5.41, 5.74) is 4.20. The molecule has 3 aromatic heterocycles. The lowest BCUT2D eigenvalue weighted by molar-refractivity contribution is 0.650. The molecular formula is C18H14N2S. The second-order valence-electron chi connectivity index (χ2n) is 6.21. The van der Waals surface area contributed by atoms with Crippen LogP contribution in [0, 0.1) is 0 Å². The first-order valence-electron chi connectivity index (χ1n) is 7.16. The lowest BCUT2D eigenvalue weighted by atomic mass is 9.83. The zero-order valence-electron chi connectivity index (χ0n) is 11.9. The smallest absolute Gasteiger partial charge is 0.0578 e. The van der Waals surface area contributed by atoms with Crippen molar-refractivity contribution in [2.45, 2.75) is 19.3 Å². The van der Waals surface area contributed by atoms with E-state index in [1.165, 1.54) is 37.1 Å². The van der Waals surface area contributed by atoms with Gasteiger partial charge in [-0.2, -0.15) is 0 Å². The van der Waals surface area contributed by atoms with Crippen LogP contribution in [0.25, 0.3) is 25.9 Å². The predicted octanol–water partition coefficient (Wildman–Crippen LogP) is 4.88. The topological polar surface area (TPSA) is 17.8 Å². The van der Waals surface area contributed by atoms with Crippen molar-refractivity contribution in [1.29, 1.82) is 0 Å². The molecule has 4 aromatic rings. The van der Waals surface area contributed by atoms with E-state index >= 15 is 0 Å². The Balaban J connectivity index is 1.99. The van der Waals surface area contributed by atoms with Gasteiger partial charge in [0.1, 0.15) is 0 Å². The van der Waals surface area contributed by atoms with Crippen LogP contribution in [0.3, 0.4) is 0 Å². The molecule has 0 saturated heterocycles. The number of nitrogens with zero attached hydrogens (tertiary/aromatic N) is 2. The number of aromatic nitrogens is 2. The van der Waals surface area contributed by atoms with Gasteiger partial charge in [-0.3, -0.25) is 4.98 Å². The molecule has 0 radical (unpaired) electrons. The first kappa shape index (κ1) is 11.5. The van der Waals surface area contributed by atoms with Gasteiger partial charge >= 0.3 is 0 Å². The van der Waals surface area contributed by atoms with Crippen LogP contribution in [-0.2, 0) is 5.41 Å². The predicted molar refractivity (Wildman–Crippen MR) is 88.6 cm³/mol. The zero-order valence-corrected chi connectivity index (χ0v) is 12.7. The van der Waals surface area contributed by atoms with Gasteiger partial charge < -0.3 is 4.57 Å². The van der Waals surface area contributed by atoms with Crippen molar-refractivity contribution in [2.75, 3.05) is 0 Å². The molecule has 1 aromatic carbocycles. The van der Waals surface area contributed by atoms with Crippen molar-refractivity contribution in [1.82, 2.24) is 9.55 Å². The maximum Gasteiger partial charge on any atom is 0.0578 e. The molecule has 1 aliphatic heterocycles.